The first-order valence-electron chi connectivity index (χ1n) is 11.1. The second kappa shape index (κ2) is 9.49. The summed E-state index contributed by atoms with van der Waals surface area (Å²) in [6.45, 7) is 3.56. The summed E-state index contributed by atoms with van der Waals surface area (Å²) in [5.41, 5.74) is -0.996. The minimum atomic E-state index is -3.45. The van der Waals surface area contributed by atoms with Crippen LogP contribution >= 0.6 is 0 Å². The number of sulfonamides is 1. The second-order valence-corrected chi connectivity index (χ2v) is 10.8. The van der Waals surface area contributed by atoms with Gasteiger partial charge in [0, 0.05) is 30.6 Å². The van der Waals surface area contributed by atoms with Crippen LogP contribution in [0.1, 0.15) is 19.4 Å². The van der Waals surface area contributed by atoms with Crippen molar-refractivity contribution in [3.63, 3.8) is 0 Å². The molecule has 0 amide bonds. The Balaban J connectivity index is 2.02. The number of anilines is 1. The lowest BCUT2D eigenvalue weighted by molar-refractivity contribution is 0.0173. The number of halogens is 1. The van der Waals surface area contributed by atoms with Gasteiger partial charge in [-0.25, -0.2) is 17.6 Å². The predicted molar refractivity (Wildman–Crippen MR) is 141 cm³/mol. The summed E-state index contributed by atoms with van der Waals surface area (Å²) in [7, 11) is -0.522. The molecule has 0 aliphatic rings. The van der Waals surface area contributed by atoms with Crippen LogP contribution in [0.2, 0.25) is 0 Å². The number of fused-ring (bicyclic) bond motifs is 1. The van der Waals surface area contributed by atoms with Crippen LogP contribution in [0.5, 0.6) is 5.75 Å². The van der Waals surface area contributed by atoms with E-state index in [0.29, 0.717) is 16.8 Å². The van der Waals surface area contributed by atoms with E-state index in [4.69, 9.17) is 9.47 Å². The van der Waals surface area contributed by atoms with Crippen LogP contribution in [0.15, 0.2) is 64.3 Å². The first-order chi connectivity index (χ1) is 17.3. The number of aromatic amines is 1. The molecule has 0 aliphatic heterocycles. The molecule has 0 fully saturated rings. The van der Waals surface area contributed by atoms with Crippen LogP contribution < -0.4 is 20.7 Å². The maximum atomic E-state index is 16.2. The Morgan fingerprint density at radius 1 is 1.00 bits per heavy atom. The highest BCUT2D eigenvalue weighted by Crippen LogP contribution is 2.44. The lowest BCUT2D eigenvalue weighted by Gasteiger charge is -2.28. The van der Waals surface area contributed by atoms with E-state index in [9.17, 15) is 18.0 Å². The van der Waals surface area contributed by atoms with Gasteiger partial charge in [0.2, 0.25) is 10.0 Å². The standard InChI is InChI=1S/C26H26FN3O6S/c1-26(2,36-4)19-14-20(30-11-10-21(31)28-25(30)32)23(27)22(24(19)35-3)17-7-6-16-13-18(29-37(5,33)34)9-8-15(16)12-17/h6-14,29H,1-5H3,(H,28,31,32). The molecular weight excluding hydrogens is 501 g/mol. The fourth-order valence-corrected chi connectivity index (χ4v) is 4.67. The van der Waals surface area contributed by atoms with Gasteiger partial charge in [-0.1, -0.05) is 18.2 Å². The van der Waals surface area contributed by atoms with Gasteiger partial charge in [-0.05, 0) is 54.4 Å². The predicted octanol–water partition coefficient (Wildman–Crippen LogP) is 3.75. The molecule has 194 valence electrons. The maximum Gasteiger partial charge on any atom is 0.333 e. The highest BCUT2D eigenvalue weighted by molar-refractivity contribution is 7.92. The first kappa shape index (κ1) is 26.1. The topological polar surface area (TPSA) is 119 Å². The van der Waals surface area contributed by atoms with Gasteiger partial charge in [0.05, 0.1) is 30.2 Å². The SMILES string of the molecule is COc1c(C(C)(C)OC)cc(-n2ccc(=O)[nH]c2=O)c(F)c1-c1ccc2cc(NS(C)(=O)=O)ccc2c1. The minimum absolute atomic E-state index is 0.0926. The van der Waals surface area contributed by atoms with Crippen molar-refractivity contribution in [1.29, 1.82) is 0 Å². The van der Waals surface area contributed by atoms with E-state index in [0.717, 1.165) is 27.7 Å². The molecule has 1 heterocycles. The van der Waals surface area contributed by atoms with E-state index in [1.165, 1.54) is 26.5 Å². The maximum absolute atomic E-state index is 16.2. The highest BCUT2D eigenvalue weighted by Gasteiger charge is 2.31. The summed E-state index contributed by atoms with van der Waals surface area (Å²) in [5, 5.41) is 1.44. The normalized spacial score (nSPS) is 12.1. The molecule has 4 rings (SSSR count). The van der Waals surface area contributed by atoms with Crippen molar-refractivity contribution in [2.24, 2.45) is 0 Å². The summed E-state index contributed by atoms with van der Waals surface area (Å²) in [5.74, 6) is -0.517. The smallest absolute Gasteiger partial charge is 0.333 e. The van der Waals surface area contributed by atoms with Crippen LogP contribution in [0.4, 0.5) is 10.1 Å². The molecular formula is C26H26FN3O6S. The lowest BCUT2D eigenvalue weighted by Crippen LogP contribution is -2.29. The zero-order valence-corrected chi connectivity index (χ0v) is 21.7. The molecule has 0 saturated heterocycles. The summed E-state index contributed by atoms with van der Waals surface area (Å²) in [6, 6.07) is 12.7. The Bertz CT molecular complexity index is 1740. The molecule has 4 aromatic rings. The fourth-order valence-electron chi connectivity index (χ4n) is 4.12. The molecule has 0 spiro atoms. The van der Waals surface area contributed by atoms with Crippen molar-refractivity contribution in [2.75, 3.05) is 25.2 Å². The van der Waals surface area contributed by atoms with Crippen molar-refractivity contribution in [1.82, 2.24) is 9.55 Å². The minimum Gasteiger partial charge on any atom is -0.496 e. The van der Waals surface area contributed by atoms with Gasteiger partial charge in [-0.15, -0.1) is 0 Å². The Morgan fingerprint density at radius 3 is 2.30 bits per heavy atom. The Hall–Kier alpha value is -3.96. The lowest BCUT2D eigenvalue weighted by atomic mass is 9.90. The van der Waals surface area contributed by atoms with Gasteiger partial charge in [-0.2, -0.15) is 0 Å². The summed E-state index contributed by atoms with van der Waals surface area (Å²) < 4.78 is 54.2. The van der Waals surface area contributed by atoms with Crippen LogP contribution in [0.25, 0.3) is 27.6 Å². The van der Waals surface area contributed by atoms with E-state index in [-0.39, 0.29) is 17.0 Å². The number of rotatable bonds is 7. The van der Waals surface area contributed by atoms with Crippen molar-refractivity contribution >= 4 is 26.5 Å². The summed E-state index contributed by atoms with van der Waals surface area (Å²) in [4.78, 5) is 26.3. The number of aromatic nitrogens is 2. The molecule has 2 N–H and O–H groups in total. The number of ether oxygens (including phenoxy) is 2. The third kappa shape index (κ3) is 5.13. The second-order valence-electron chi connectivity index (χ2n) is 9.01. The van der Waals surface area contributed by atoms with Crippen LogP contribution in [-0.4, -0.2) is 38.4 Å². The molecule has 0 unspecified atom stereocenters. The number of H-pyrrole nitrogens is 1. The van der Waals surface area contributed by atoms with E-state index in [1.54, 1.807) is 50.2 Å². The van der Waals surface area contributed by atoms with Crippen molar-refractivity contribution in [3.8, 4) is 22.6 Å². The molecule has 37 heavy (non-hydrogen) atoms. The van der Waals surface area contributed by atoms with E-state index < -0.39 is 32.7 Å². The van der Waals surface area contributed by atoms with Gasteiger partial charge < -0.3 is 9.47 Å². The Morgan fingerprint density at radius 2 is 1.68 bits per heavy atom. The van der Waals surface area contributed by atoms with E-state index >= 15 is 4.39 Å². The van der Waals surface area contributed by atoms with Crippen LogP contribution in [0, 0.1) is 5.82 Å². The third-order valence-corrected chi connectivity index (χ3v) is 6.68. The average molecular weight is 528 g/mol. The highest BCUT2D eigenvalue weighted by atomic mass is 32.2. The summed E-state index contributed by atoms with van der Waals surface area (Å²) in [6.07, 6.45) is 2.27. The van der Waals surface area contributed by atoms with Crippen LogP contribution in [0.3, 0.4) is 0 Å². The van der Waals surface area contributed by atoms with Gasteiger partial charge >= 0.3 is 5.69 Å². The zero-order valence-electron chi connectivity index (χ0n) is 20.9. The van der Waals surface area contributed by atoms with E-state index in [2.05, 4.69) is 9.71 Å². The van der Waals surface area contributed by atoms with Gasteiger partial charge in [-0.3, -0.25) is 19.1 Å². The molecule has 0 aliphatic carbocycles. The number of methoxy groups -OCH3 is 2. The van der Waals surface area contributed by atoms with Crippen molar-refractivity contribution in [2.45, 2.75) is 19.4 Å². The van der Waals surface area contributed by atoms with E-state index in [1.807, 2.05) is 0 Å². The largest absolute Gasteiger partial charge is 0.496 e. The molecule has 3 aromatic carbocycles. The zero-order chi connectivity index (χ0) is 27.1. The number of hydrogen-bond acceptors (Lipinski definition) is 6. The number of hydrogen-bond donors (Lipinski definition) is 2. The number of benzene rings is 3. The molecule has 9 nitrogen and oxygen atoms in total. The quantitative estimate of drug-likeness (QED) is 0.378. The fraction of sp³-hybridized carbons (Fsp3) is 0.231. The monoisotopic (exact) mass is 527 g/mol. The first-order valence-corrected chi connectivity index (χ1v) is 13.0. The van der Waals surface area contributed by atoms with Gasteiger partial charge in [0.15, 0.2) is 5.82 Å². The molecule has 11 heteroatoms. The van der Waals surface area contributed by atoms with Crippen LogP contribution in [-0.2, 0) is 20.4 Å². The number of nitrogens with one attached hydrogen (secondary N) is 2. The van der Waals surface area contributed by atoms with Gasteiger partial charge in [0.25, 0.3) is 5.56 Å². The molecule has 0 bridgehead atoms. The van der Waals surface area contributed by atoms with Gasteiger partial charge in [0.1, 0.15) is 5.75 Å². The average Bonchev–Trinajstić information content (AvgIpc) is 2.82. The molecule has 0 atom stereocenters. The molecule has 0 radical (unpaired) electrons. The molecule has 1 aromatic heterocycles. The number of nitrogens with zero attached hydrogens (tertiary/aromatic N) is 1. The Labute approximate surface area is 212 Å². The Kier molecular flexibility index (Phi) is 6.70. The third-order valence-electron chi connectivity index (χ3n) is 6.08. The summed E-state index contributed by atoms with van der Waals surface area (Å²) >= 11 is 0. The molecule has 0 saturated carbocycles. The van der Waals surface area contributed by atoms with Crippen molar-refractivity contribution < 1.29 is 22.3 Å². The van der Waals surface area contributed by atoms with Crippen molar-refractivity contribution in [3.05, 3.63) is 86.9 Å².